The number of rotatable bonds is 7. The number of benzene rings is 1. The second kappa shape index (κ2) is 7.20. The SMILES string of the molecule is CCCC(C)C(NCC)c1cnn(-c2ccccc2)n1. The number of nitrogens with one attached hydrogen (secondary N) is 1. The van der Waals surface area contributed by atoms with Crippen LogP contribution in [0.1, 0.15) is 45.3 Å². The van der Waals surface area contributed by atoms with Gasteiger partial charge in [-0.25, -0.2) is 0 Å². The topological polar surface area (TPSA) is 42.7 Å². The number of hydrogen-bond acceptors (Lipinski definition) is 3. The molecule has 0 radical (unpaired) electrons. The van der Waals surface area contributed by atoms with E-state index in [0.717, 1.165) is 17.9 Å². The van der Waals surface area contributed by atoms with E-state index in [2.05, 4.69) is 36.3 Å². The van der Waals surface area contributed by atoms with Crippen molar-refractivity contribution in [3.05, 3.63) is 42.2 Å². The predicted molar refractivity (Wildman–Crippen MR) is 81.8 cm³/mol. The molecular formula is C16H24N4. The molecule has 2 unspecified atom stereocenters. The Bertz CT molecular complexity index is 506. The van der Waals surface area contributed by atoms with Gasteiger partial charge in [0, 0.05) is 0 Å². The van der Waals surface area contributed by atoms with Gasteiger partial charge in [0.2, 0.25) is 0 Å². The molecule has 2 rings (SSSR count). The maximum atomic E-state index is 4.65. The van der Waals surface area contributed by atoms with E-state index >= 15 is 0 Å². The highest BCUT2D eigenvalue weighted by Gasteiger charge is 2.20. The van der Waals surface area contributed by atoms with Crippen molar-refractivity contribution in [2.45, 2.75) is 39.7 Å². The summed E-state index contributed by atoms with van der Waals surface area (Å²) >= 11 is 0. The van der Waals surface area contributed by atoms with Crippen LogP contribution in [0.25, 0.3) is 5.69 Å². The second-order valence-corrected chi connectivity index (χ2v) is 5.20. The van der Waals surface area contributed by atoms with Gasteiger partial charge < -0.3 is 5.32 Å². The first-order valence-electron chi connectivity index (χ1n) is 7.47. The van der Waals surface area contributed by atoms with Crippen molar-refractivity contribution in [1.82, 2.24) is 20.3 Å². The first-order chi connectivity index (χ1) is 9.76. The lowest BCUT2D eigenvalue weighted by Gasteiger charge is -2.22. The molecule has 0 saturated heterocycles. The predicted octanol–water partition coefficient (Wildman–Crippen LogP) is 3.35. The zero-order valence-corrected chi connectivity index (χ0v) is 12.6. The Hall–Kier alpha value is -1.68. The van der Waals surface area contributed by atoms with E-state index in [1.807, 2.05) is 36.5 Å². The van der Waals surface area contributed by atoms with Gasteiger partial charge in [-0.05, 0) is 31.0 Å². The molecular weight excluding hydrogens is 248 g/mol. The minimum Gasteiger partial charge on any atom is -0.309 e. The summed E-state index contributed by atoms with van der Waals surface area (Å²) in [7, 11) is 0. The Balaban J connectivity index is 2.20. The van der Waals surface area contributed by atoms with Crippen molar-refractivity contribution in [3.63, 3.8) is 0 Å². The van der Waals surface area contributed by atoms with E-state index in [0.29, 0.717) is 5.92 Å². The van der Waals surface area contributed by atoms with E-state index in [-0.39, 0.29) is 6.04 Å². The average Bonchev–Trinajstić information content (AvgIpc) is 2.95. The third-order valence-corrected chi connectivity index (χ3v) is 3.55. The Morgan fingerprint density at radius 2 is 1.95 bits per heavy atom. The third-order valence-electron chi connectivity index (χ3n) is 3.55. The largest absolute Gasteiger partial charge is 0.309 e. The number of aromatic nitrogens is 3. The lowest BCUT2D eigenvalue weighted by atomic mass is 9.95. The van der Waals surface area contributed by atoms with Gasteiger partial charge in [0.1, 0.15) is 5.69 Å². The molecule has 2 aromatic rings. The molecule has 0 aliphatic heterocycles. The number of hydrogen-bond donors (Lipinski definition) is 1. The van der Waals surface area contributed by atoms with Gasteiger partial charge in [-0.2, -0.15) is 15.0 Å². The average molecular weight is 272 g/mol. The van der Waals surface area contributed by atoms with Gasteiger partial charge in [-0.3, -0.25) is 0 Å². The van der Waals surface area contributed by atoms with Crippen molar-refractivity contribution >= 4 is 0 Å². The lowest BCUT2D eigenvalue weighted by molar-refractivity contribution is 0.361. The quantitative estimate of drug-likeness (QED) is 0.840. The van der Waals surface area contributed by atoms with Gasteiger partial charge in [0.15, 0.2) is 0 Å². The highest BCUT2D eigenvalue weighted by Crippen LogP contribution is 2.24. The van der Waals surface area contributed by atoms with Crippen LogP contribution >= 0.6 is 0 Å². The molecule has 0 aliphatic carbocycles. The maximum absolute atomic E-state index is 4.65. The van der Waals surface area contributed by atoms with Gasteiger partial charge in [-0.1, -0.05) is 45.4 Å². The molecule has 0 spiro atoms. The summed E-state index contributed by atoms with van der Waals surface area (Å²) in [6.45, 7) is 7.57. The summed E-state index contributed by atoms with van der Waals surface area (Å²) < 4.78 is 0. The molecule has 2 atom stereocenters. The van der Waals surface area contributed by atoms with Crippen LogP contribution < -0.4 is 5.32 Å². The standard InChI is InChI=1S/C16H24N4/c1-4-9-13(3)16(17-5-2)15-12-18-20(19-15)14-10-7-6-8-11-14/h6-8,10-13,16-17H,4-5,9H2,1-3H3. The summed E-state index contributed by atoms with van der Waals surface area (Å²) in [5.41, 5.74) is 2.02. The minimum atomic E-state index is 0.275. The van der Waals surface area contributed by atoms with Crippen LogP contribution in [0.4, 0.5) is 0 Å². The summed E-state index contributed by atoms with van der Waals surface area (Å²) in [6, 6.07) is 10.3. The lowest BCUT2D eigenvalue weighted by Crippen LogP contribution is -2.27. The molecule has 0 amide bonds. The number of nitrogens with zero attached hydrogens (tertiary/aromatic N) is 3. The van der Waals surface area contributed by atoms with E-state index in [4.69, 9.17) is 0 Å². The monoisotopic (exact) mass is 272 g/mol. The Morgan fingerprint density at radius 1 is 1.20 bits per heavy atom. The molecule has 1 N–H and O–H groups in total. The zero-order chi connectivity index (χ0) is 14.4. The molecule has 0 bridgehead atoms. The fourth-order valence-corrected chi connectivity index (χ4v) is 2.54. The van der Waals surface area contributed by atoms with E-state index < -0.39 is 0 Å². The Kier molecular flexibility index (Phi) is 5.30. The molecule has 0 fully saturated rings. The van der Waals surface area contributed by atoms with E-state index in [9.17, 15) is 0 Å². The van der Waals surface area contributed by atoms with Crippen molar-refractivity contribution in [2.24, 2.45) is 5.92 Å². The fourth-order valence-electron chi connectivity index (χ4n) is 2.54. The molecule has 20 heavy (non-hydrogen) atoms. The molecule has 0 aliphatic rings. The number of para-hydroxylation sites is 1. The molecule has 1 aromatic heterocycles. The summed E-state index contributed by atoms with van der Waals surface area (Å²) in [4.78, 5) is 1.71. The summed E-state index contributed by atoms with van der Waals surface area (Å²) in [5, 5.41) is 12.6. The van der Waals surface area contributed by atoms with E-state index in [1.54, 1.807) is 4.80 Å². The Labute approximate surface area is 121 Å². The van der Waals surface area contributed by atoms with Gasteiger partial charge in [-0.15, -0.1) is 0 Å². The second-order valence-electron chi connectivity index (χ2n) is 5.20. The molecule has 108 valence electrons. The molecule has 0 saturated carbocycles. The van der Waals surface area contributed by atoms with Crippen molar-refractivity contribution in [3.8, 4) is 5.69 Å². The molecule has 4 heteroatoms. The van der Waals surface area contributed by atoms with Crippen molar-refractivity contribution < 1.29 is 0 Å². The van der Waals surface area contributed by atoms with Crippen LogP contribution in [0.15, 0.2) is 36.5 Å². The highest BCUT2D eigenvalue weighted by molar-refractivity contribution is 5.28. The van der Waals surface area contributed by atoms with Crippen LogP contribution in [0.3, 0.4) is 0 Å². The van der Waals surface area contributed by atoms with Gasteiger partial charge >= 0.3 is 0 Å². The van der Waals surface area contributed by atoms with Crippen LogP contribution in [0, 0.1) is 5.92 Å². The molecule has 1 aromatic carbocycles. The zero-order valence-electron chi connectivity index (χ0n) is 12.6. The van der Waals surface area contributed by atoms with E-state index in [1.165, 1.54) is 12.8 Å². The fraction of sp³-hybridized carbons (Fsp3) is 0.500. The van der Waals surface area contributed by atoms with Crippen molar-refractivity contribution in [2.75, 3.05) is 6.54 Å². The van der Waals surface area contributed by atoms with Gasteiger partial charge in [0.25, 0.3) is 0 Å². The molecule has 4 nitrogen and oxygen atoms in total. The summed E-state index contributed by atoms with van der Waals surface area (Å²) in [6.07, 6.45) is 4.26. The third kappa shape index (κ3) is 3.45. The molecule has 1 heterocycles. The van der Waals surface area contributed by atoms with Crippen molar-refractivity contribution in [1.29, 1.82) is 0 Å². The first kappa shape index (κ1) is 14.7. The summed E-state index contributed by atoms with van der Waals surface area (Å²) in [5.74, 6) is 0.556. The maximum Gasteiger partial charge on any atom is 0.100 e. The van der Waals surface area contributed by atoms with Crippen LogP contribution in [-0.2, 0) is 0 Å². The van der Waals surface area contributed by atoms with Crippen LogP contribution in [0.5, 0.6) is 0 Å². The Morgan fingerprint density at radius 3 is 2.60 bits per heavy atom. The highest BCUT2D eigenvalue weighted by atomic mass is 15.5. The van der Waals surface area contributed by atoms with Crippen LogP contribution in [-0.4, -0.2) is 21.5 Å². The minimum absolute atomic E-state index is 0.275. The van der Waals surface area contributed by atoms with Gasteiger partial charge in [0.05, 0.1) is 17.9 Å². The smallest absolute Gasteiger partial charge is 0.100 e. The van der Waals surface area contributed by atoms with Crippen LogP contribution in [0.2, 0.25) is 0 Å². The first-order valence-corrected chi connectivity index (χ1v) is 7.47. The normalized spacial score (nSPS) is 14.2.